The first kappa shape index (κ1) is 127. The highest BCUT2D eigenvalue weighted by molar-refractivity contribution is 5.99. The Morgan fingerprint density at radius 2 is 0.415 bits per heavy atom. The molecule has 44 heteroatoms. The molecule has 1 aromatic carbocycles. The molecule has 0 radical (unpaired) electrons. The molecular weight excluding hydrogens is 1850 g/mol. The minimum Gasteiger partial charge on any atom is -0.487 e. The quantitative estimate of drug-likeness (QED) is 0.0213. The molecule has 1 aromatic rings. The average Bonchev–Trinajstić information content (AvgIpc) is 0.729. The van der Waals surface area contributed by atoms with Gasteiger partial charge in [-0.2, -0.15) is 0 Å². The van der Waals surface area contributed by atoms with Gasteiger partial charge in [0.2, 0.25) is 41.4 Å². The molecule has 0 fully saturated rings. The molecule has 814 valence electrons. The zero-order chi connectivity index (χ0) is 107. The number of nitrogens with one attached hydrogen (secondary N) is 15. The summed E-state index contributed by atoms with van der Waals surface area (Å²) in [4.78, 5) is 207. The fraction of sp³-hybridized carbons (Fsp3) is 0.786. The molecule has 15 N–H and O–H groups in total. The predicted octanol–water partition coefficient (Wildman–Crippen LogP) is 11.1. The minimum absolute atomic E-state index is 0.00967. The Hall–Kier alpha value is -10.9. The lowest BCUT2D eigenvalue weighted by Gasteiger charge is -2.27. The molecule has 0 spiro atoms. The van der Waals surface area contributed by atoms with Crippen molar-refractivity contribution in [2.75, 3.05) is 117 Å². The zero-order valence-corrected chi connectivity index (χ0v) is 89.0. The van der Waals surface area contributed by atoms with E-state index < -0.39 is 177 Å². The summed E-state index contributed by atoms with van der Waals surface area (Å²) in [5.74, 6) is -4.58. The zero-order valence-electron chi connectivity index (χ0n) is 89.0. The van der Waals surface area contributed by atoms with Crippen LogP contribution in [0, 0.1) is 0 Å². The molecule has 1 heterocycles. The van der Waals surface area contributed by atoms with Gasteiger partial charge in [0.25, 0.3) is 0 Å². The van der Waals surface area contributed by atoms with Gasteiger partial charge in [0, 0.05) is 57.6 Å². The molecule has 7 atom stereocenters. The van der Waals surface area contributed by atoms with E-state index in [-0.39, 0.29) is 206 Å². The summed E-state index contributed by atoms with van der Waals surface area (Å²) in [6, 6.07) is -4.44. The molecule has 0 bridgehead atoms. The third kappa shape index (κ3) is 67.6. The summed E-state index contributed by atoms with van der Waals surface area (Å²) in [6.07, 6.45) is -2.65. The van der Waals surface area contributed by atoms with Crippen LogP contribution < -0.4 is 89.2 Å². The van der Waals surface area contributed by atoms with Gasteiger partial charge < -0.3 is 146 Å². The lowest BCUT2D eigenvalue weighted by molar-refractivity contribution is -0.132. The number of carbonyl (C=O) groups excluding carboxylic acids is 15. The van der Waals surface area contributed by atoms with Gasteiger partial charge in [-0.15, -0.1) is 0 Å². The van der Waals surface area contributed by atoms with E-state index >= 15 is 9.59 Å². The van der Waals surface area contributed by atoms with E-state index in [0.717, 1.165) is 0 Å². The Bertz CT molecular complexity index is 4010. The number of rotatable bonds is 50. The first-order valence-electron chi connectivity index (χ1n) is 49.7. The molecule has 15 amide bonds. The largest absolute Gasteiger partial charge is 0.487 e. The highest BCUT2D eigenvalue weighted by Crippen LogP contribution is 2.32. The van der Waals surface area contributed by atoms with Crippen molar-refractivity contribution in [3.05, 3.63) is 18.2 Å². The smallest absolute Gasteiger partial charge is 0.408 e. The third-order valence-corrected chi connectivity index (χ3v) is 19.2. The number of alkyl carbamates (subject to hydrolysis) is 8. The van der Waals surface area contributed by atoms with Crippen LogP contribution in [0.15, 0.2) is 18.2 Å². The minimum atomic E-state index is -1.49. The van der Waals surface area contributed by atoms with Gasteiger partial charge in [0.05, 0.1) is 52.9 Å². The van der Waals surface area contributed by atoms with Crippen LogP contribution in [0.5, 0.6) is 11.5 Å². The van der Waals surface area contributed by atoms with Gasteiger partial charge in [-0.1, -0.05) is 0 Å². The molecular formula is C98H173N15O29. The maximum atomic E-state index is 15.5. The van der Waals surface area contributed by atoms with Crippen molar-refractivity contribution in [1.82, 2.24) is 74.4 Å². The van der Waals surface area contributed by atoms with Crippen molar-refractivity contribution in [3.63, 3.8) is 0 Å². The normalized spacial score (nSPS) is 14.8. The first-order valence-corrected chi connectivity index (χ1v) is 49.7. The van der Waals surface area contributed by atoms with Crippen molar-refractivity contribution < 1.29 is 138 Å². The van der Waals surface area contributed by atoms with Crippen LogP contribution in [0.4, 0.5) is 44.0 Å². The first-order chi connectivity index (χ1) is 66.1. The maximum absolute atomic E-state index is 15.5. The molecule has 0 unspecified atom stereocenters. The number of unbranched alkanes of at least 4 members (excludes halogenated alkanes) is 7. The Balaban J connectivity index is 2.87. The van der Waals surface area contributed by atoms with Crippen molar-refractivity contribution >= 4 is 95.8 Å². The van der Waals surface area contributed by atoms with E-state index in [2.05, 4.69) is 79.8 Å². The van der Waals surface area contributed by atoms with Crippen molar-refractivity contribution in [1.29, 1.82) is 0 Å². The summed E-state index contributed by atoms with van der Waals surface area (Å²) >= 11 is 0. The van der Waals surface area contributed by atoms with E-state index in [1.807, 2.05) is 0 Å². The Labute approximate surface area is 839 Å². The summed E-state index contributed by atoms with van der Waals surface area (Å²) in [5.41, 5.74) is -6.72. The van der Waals surface area contributed by atoms with Crippen LogP contribution in [-0.2, 0) is 90.4 Å². The monoisotopic (exact) mass is 2020 g/mol. The second-order valence-corrected chi connectivity index (χ2v) is 42.3. The van der Waals surface area contributed by atoms with E-state index in [1.165, 1.54) is 6.07 Å². The molecule has 1 aliphatic rings. The van der Waals surface area contributed by atoms with E-state index in [4.69, 9.17) is 66.3 Å². The highest BCUT2D eigenvalue weighted by atomic mass is 16.6. The summed E-state index contributed by atoms with van der Waals surface area (Å²) < 4.78 is 78.7. The lowest BCUT2D eigenvalue weighted by Crippen LogP contribution is -2.56. The predicted molar refractivity (Wildman–Crippen MR) is 531 cm³/mol. The standard InChI is InChI=1S/C98H173N15O29/c1-91(2,3)135-83(121)102-51-35-28-40-68(110-87(125)139-95(13,14)15)77(115)100-49-32-25-39-67(107-81(119)72(112-89(127)141-97(19,20)21)44-30-37-53-104-85(123)137-93(7,8)9)76(114)99-48-33-26-42-70(79(117)106-66-46-47-74-75(65-66)134-64-62-132-60-58-130-56-55-129-57-59-131-61-63-133-74)108-80(118)71(109-82(120)73(113-90(128)142-98(22,23)24)45-31-38-54-105-86(124)138-94(10,11)12)43-27-34-50-101-78(116)69(111-88(126)140-96(16,17)18)41-29-36-52-103-84(122)136-92(4,5)6/h46-47,65,67-73H,25-45,48-64H2,1-24H3,(H,99,114)(H,100,115)(H,101,116)(H,102,121)(H,103,122)(H,104,123)(H,105,124)(H,106,117)(H,107,119)(H,108,118)(H,109,120)(H,110,125)(H,111,126)(H,112,127)(H,113,128)/t67-,68-,69-,70-,71-,72-,73-/m0/s1. The molecule has 1 aliphatic heterocycles. The van der Waals surface area contributed by atoms with Crippen LogP contribution >= 0.6 is 0 Å². The Morgan fingerprint density at radius 1 is 0.225 bits per heavy atom. The second-order valence-electron chi connectivity index (χ2n) is 42.3. The van der Waals surface area contributed by atoms with E-state index in [9.17, 15) is 62.3 Å². The number of benzene rings is 1. The molecule has 2 rings (SSSR count). The van der Waals surface area contributed by atoms with Gasteiger partial charge >= 0.3 is 48.7 Å². The molecule has 0 aromatic heterocycles. The van der Waals surface area contributed by atoms with Crippen molar-refractivity contribution in [2.45, 2.75) is 388 Å². The van der Waals surface area contributed by atoms with E-state index in [0.29, 0.717) is 58.3 Å². The van der Waals surface area contributed by atoms with Gasteiger partial charge in [0.1, 0.15) is 100 Å². The summed E-state index contributed by atoms with van der Waals surface area (Å²) in [5, 5.41) is 41.4. The van der Waals surface area contributed by atoms with Crippen LogP contribution in [0.3, 0.4) is 0 Å². The highest BCUT2D eigenvalue weighted by Gasteiger charge is 2.35. The number of ether oxygens (including phenoxy) is 14. The fourth-order valence-electron chi connectivity index (χ4n) is 13.1. The molecule has 0 saturated carbocycles. The van der Waals surface area contributed by atoms with Crippen molar-refractivity contribution in [2.24, 2.45) is 0 Å². The second kappa shape index (κ2) is 65.4. The Kier molecular flexibility index (Phi) is 58.6. The summed E-state index contributed by atoms with van der Waals surface area (Å²) in [7, 11) is 0. The van der Waals surface area contributed by atoms with Gasteiger partial charge in [-0.05, 0) is 313 Å². The molecule has 0 saturated heterocycles. The maximum Gasteiger partial charge on any atom is 0.408 e. The Morgan fingerprint density at radius 3 is 0.655 bits per heavy atom. The fourth-order valence-corrected chi connectivity index (χ4v) is 13.1. The van der Waals surface area contributed by atoms with Crippen LogP contribution in [0.25, 0.3) is 0 Å². The molecule has 44 nitrogen and oxygen atoms in total. The van der Waals surface area contributed by atoms with Crippen molar-refractivity contribution in [3.8, 4) is 11.5 Å². The number of hydrogen-bond acceptors (Lipinski definition) is 29. The number of anilines is 1. The molecule has 0 aliphatic carbocycles. The topological polar surface area (TPSA) is 566 Å². The number of hydrogen-bond donors (Lipinski definition) is 15. The number of fused-ring (bicyclic) bond motifs is 1. The lowest BCUT2D eigenvalue weighted by atomic mass is 10.0. The van der Waals surface area contributed by atoms with Gasteiger partial charge in [-0.25, -0.2) is 38.4 Å². The van der Waals surface area contributed by atoms with E-state index in [1.54, 1.807) is 178 Å². The SMILES string of the molecule is CC(C)(C)OC(=O)NCCCC[C@H](NC(=O)OC(C)(C)C)C(=O)NCCCC[C@H](NC(=O)[C@H](CCCCNC(=O)OC(C)(C)C)NC(=O)OC(C)(C)C)C(=O)NCCCC[C@H](NC(=O)[C@H](CCCCNC(=O)[C@H](CCCCNC(=O)OC(C)(C)C)NC(=O)OC(C)(C)C)NC(=O)[C@H](CCCCNC(=O)OC(C)(C)C)NC(=O)OC(C)(C)C)C(=O)Nc1ccc2c(c1)OCCOCCOCCOCCOCCO2. The van der Waals surface area contributed by atoms with Gasteiger partial charge in [0.15, 0.2) is 11.5 Å². The molecule has 142 heavy (non-hydrogen) atoms. The van der Waals surface area contributed by atoms with Crippen LogP contribution in [0.1, 0.15) is 301 Å². The summed E-state index contributed by atoms with van der Waals surface area (Å²) in [6.45, 7) is 43.4. The van der Waals surface area contributed by atoms with Gasteiger partial charge in [-0.3, -0.25) is 33.6 Å². The average molecular weight is 2030 g/mol. The third-order valence-electron chi connectivity index (χ3n) is 19.2. The van der Waals surface area contributed by atoms with Crippen LogP contribution in [-0.4, -0.2) is 289 Å². The number of carbonyl (C=O) groups is 15. The number of amides is 15. The van der Waals surface area contributed by atoms with Crippen LogP contribution in [0.2, 0.25) is 0 Å².